The predicted octanol–water partition coefficient (Wildman–Crippen LogP) is 3.57. The molecule has 19 heavy (non-hydrogen) atoms. The highest BCUT2D eigenvalue weighted by Crippen LogP contribution is 2.28. The standard InChI is InChI=1S/C15H20Cl2N2/c16-13-4-3-11(14(17)8-13)9-19-7-5-15-12(10-19)2-1-6-18-15/h3-4,8,12,15,18H,1-2,5-7,9-10H2. The largest absolute Gasteiger partial charge is 0.314 e. The first kappa shape index (κ1) is 13.7. The summed E-state index contributed by atoms with van der Waals surface area (Å²) >= 11 is 12.2. The smallest absolute Gasteiger partial charge is 0.0465 e. The Labute approximate surface area is 125 Å². The van der Waals surface area contributed by atoms with Gasteiger partial charge in [-0.05, 0) is 56.0 Å². The minimum atomic E-state index is 0.712. The van der Waals surface area contributed by atoms with Crippen LogP contribution in [0.3, 0.4) is 0 Å². The van der Waals surface area contributed by atoms with Gasteiger partial charge in [0.2, 0.25) is 0 Å². The average molecular weight is 299 g/mol. The lowest BCUT2D eigenvalue weighted by Crippen LogP contribution is -2.51. The molecule has 2 heterocycles. The highest BCUT2D eigenvalue weighted by Gasteiger charge is 2.30. The summed E-state index contributed by atoms with van der Waals surface area (Å²) in [5, 5.41) is 5.15. The second-order valence-electron chi connectivity index (χ2n) is 5.72. The predicted molar refractivity (Wildman–Crippen MR) is 80.9 cm³/mol. The van der Waals surface area contributed by atoms with Crippen molar-refractivity contribution in [3.8, 4) is 0 Å². The lowest BCUT2D eigenvalue weighted by molar-refractivity contribution is 0.109. The van der Waals surface area contributed by atoms with Gasteiger partial charge in [0, 0.05) is 29.2 Å². The fourth-order valence-corrected chi connectivity index (χ4v) is 3.82. The van der Waals surface area contributed by atoms with Crippen LogP contribution in [-0.4, -0.2) is 30.6 Å². The van der Waals surface area contributed by atoms with Gasteiger partial charge in [-0.2, -0.15) is 0 Å². The van der Waals surface area contributed by atoms with E-state index in [2.05, 4.69) is 16.3 Å². The van der Waals surface area contributed by atoms with Crippen molar-refractivity contribution in [2.75, 3.05) is 19.6 Å². The molecule has 4 heteroatoms. The van der Waals surface area contributed by atoms with Gasteiger partial charge in [-0.3, -0.25) is 4.90 Å². The maximum atomic E-state index is 6.26. The number of nitrogens with zero attached hydrogens (tertiary/aromatic N) is 1. The molecule has 3 rings (SSSR count). The quantitative estimate of drug-likeness (QED) is 0.898. The highest BCUT2D eigenvalue weighted by molar-refractivity contribution is 6.35. The van der Waals surface area contributed by atoms with E-state index in [1.807, 2.05) is 12.1 Å². The molecule has 2 aliphatic heterocycles. The van der Waals surface area contributed by atoms with E-state index in [0.29, 0.717) is 5.02 Å². The van der Waals surface area contributed by atoms with Crippen LogP contribution in [0.2, 0.25) is 10.0 Å². The molecule has 0 amide bonds. The van der Waals surface area contributed by atoms with Crippen LogP contribution in [0.15, 0.2) is 18.2 Å². The van der Waals surface area contributed by atoms with Gasteiger partial charge in [0.25, 0.3) is 0 Å². The van der Waals surface area contributed by atoms with Crippen molar-refractivity contribution in [3.05, 3.63) is 33.8 Å². The Morgan fingerprint density at radius 3 is 3.00 bits per heavy atom. The first-order valence-corrected chi connectivity index (χ1v) is 7.87. The van der Waals surface area contributed by atoms with E-state index in [1.165, 1.54) is 37.9 Å². The Balaban J connectivity index is 1.64. The number of likely N-dealkylation sites (tertiary alicyclic amines) is 1. The maximum absolute atomic E-state index is 6.26. The number of benzene rings is 1. The van der Waals surface area contributed by atoms with Crippen molar-refractivity contribution in [1.29, 1.82) is 0 Å². The van der Waals surface area contributed by atoms with Crippen molar-refractivity contribution < 1.29 is 0 Å². The number of rotatable bonds is 2. The first-order valence-electron chi connectivity index (χ1n) is 7.12. The summed E-state index contributed by atoms with van der Waals surface area (Å²) in [7, 11) is 0. The van der Waals surface area contributed by atoms with Crippen LogP contribution in [0.5, 0.6) is 0 Å². The van der Waals surface area contributed by atoms with Gasteiger partial charge in [-0.1, -0.05) is 29.3 Å². The van der Waals surface area contributed by atoms with Gasteiger partial charge in [0.05, 0.1) is 0 Å². The Bertz CT molecular complexity index is 450. The summed E-state index contributed by atoms with van der Waals surface area (Å²) in [6, 6.07) is 6.56. The van der Waals surface area contributed by atoms with Gasteiger partial charge in [-0.15, -0.1) is 0 Å². The summed E-state index contributed by atoms with van der Waals surface area (Å²) in [6.07, 6.45) is 3.94. The lowest BCUT2D eigenvalue weighted by Gasteiger charge is -2.41. The Hall–Kier alpha value is -0.280. The summed E-state index contributed by atoms with van der Waals surface area (Å²) in [5.74, 6) is 0.813. The average Bonchev–Trinajstić information content (AvgIpc) is 2.42. The zero-order valence-electron chi connectivity index (χ0n) is 11.0. The Kier molecular flexibility index (Phi) is 4.33. The molecule has 1 aromatic carbocycles. The van der Waals surface area contributed by atoms with E-state index in [4.69, 9.17) is 23.2 Å². The van der Waals surface area contributed by atoms with Crippen molar-refractivity contribution in [3.63, 3.8) is 0 Å². The molecule has 0 spiro atoms. The molecule has 0 bridgehead atoms. The zero-order chi connectivity index (χ0) is 13.2. The number of halogens is 2. The highest BCUT2D eigenvalue weighted by atomic mass is 35.5. The molecule has 2 fully saturated rings. The zero-order valence-corrected chi connectivity index (χ0v) is 12.6. The molecule has 2 unspecified atom stereocenters. The molecule has 1 N–H and O–H groups in total. The number of piperidine rings is 2. The van der Waals surface area contributed by atoms with Crippen molar-refractivity contribution in [2.45, 2.75) is 31.8 Å². The fourth-order valence-electron chi connectivity index (χ4n) is 3.35. The Morgan fingerprint density at radius 1 is 1.26 bits per heavy atom. The van der Waals surface area contributed by atoms with E-state index in [9.17, 15) is 0 Å². The van der Waals surface area contributed by atoms with E-state index in [-0.39, 0.29) is 0 Å². The number of hydrogen-bond acceptors (Lipinski definition) is 2. The van der Waals surface area contributed by atoms with Crippen LogP contribution >= 0.6 is 23.2 Å². The summed E-state index contributed by atoms with van der Waals surface area (Å²) < 4.78 is 0. The van der Waals surface area contributed by atoms with Gasteiger partial charge < -0.3 is 5.32 Å². The number of hydrogen-bond donors (Lipinski definition) is 1. The fraction of sp³-hybridized carbons (Fsp3) is 0.600. The van der Waals surface area contributed by atoms with Gasteiger partial charge in [0.15, 0.2) is 0 Å². The number of fused-ring (bicyclic) bond motifs is 1. The summed E-state index contributed by atoms with van der Waals surface area (Å²) in [4.78, 5) is 2.53. The molecule has 1 aromatic rings. The monoisotopic (exact) mass is 298 g/mol. The molecule has 0 saturated carbocycles. The van der Waals surface area contributed by atoms with Crippen molar-refractivity contribution >= 4 is 23.2 Å². The number of nitrogens with one attached hydrogen (secondary N) is 1. The summed E-state index contributed by atoms with van der Waals surface area (Å²) in [6.45, 7) is 4.49. The topological polar surface area (TPSA) is 15.3 Å². The van der Waals surface area contributed by atoms with Crippen LogP contribution in [0, 0.1) is 5.92 Å². The summed E-state index contributed by atoms with van der Waals surface area (Å²) in [5.41, 5.74) is 1.19. The third-order valence-electron chi connectivity index (χ3n) is 4.39. The third kappa shape index (κ3) is 3.25. The van der Waals surface area contributed by atoms with Gasteiger partial charge in [-0.25, -0.2) is 0 Å². The lowest BCUT2D eigenvalue weighted by atomic mass is 9.85. The minimum Gasteiger partial charge on any atom is -0.314 e. The van der Waals surface area contributed by atoms with E-state index in [1.54, 1.807) is 0 Å². The molecule has 0 radical (unpaired) electrons. The van der Waals surface area contributed by atoms with Crippen LogP contribution in [0.25, 0.3) is 0 Å². The molecular weight excluding hydrogens is 279 g/mol. The Morgan fingerprint density at radius 2 is 2.16 bits per heavy atom. The normalized spacial score (nSPS) is 28.1. The molecule has 0 aromatic heterocycles. The second-order valence-corrected chi connectivity index (χ2v) is 6.57. The molecule has 104 valence electrons. The molecular formula is C15H20Cl2N2. The van der Waals surface area contributed by atoms with Crippen molar-refractivity contribution in [2.24, 2.45) is 5.92 Å². The molecule has 2 nitrogen and oxygen atoms in total. The minimum absolute atomic E-state index is 0.712. The van der Waals surface area contributed by atoms with Crippen molar-refractivity contribution in [1.82, 2.24) is 10.2 Å². The van der Waals surface area contributed by atoms with Crippen LogP contribution in [0.1, 0.15) is 24.8 Å². The van der Waals surface area contributed by atoms with Gasteiger partial charge >= 0.3 is 0 Å². The second kappa shape index (κ2) is 6.01. The molecule has 2 aliphatic rings. The molecule has 0 aliphatic carbocycles. The third-order valence-corrected chi connectivity index (χ3v) is 4.97. The maximum Gasteiger partial charge on any atom is 0.0465 e. The first-order chi connectivity index (χ1) is 9.22. The molecule has 2 atom stereocenters. The van der Waals surface area contributed by atoms with E-state index < -0.39 is 0 Å². The van der Waals surface area contributed by atoms with E-state index in [0.717, 1.165) is 30.1 Å². The molecule has 2 saturated heterocycles. The van der Waals surface area contributed by atoms with E-state index >= 15 is 0 Å². The van der Waals surface area contributed by atoms with Gasteiger partial charge in [0.1, 0.15) is 0 Å². The van der Waals surface area contributed by atoms with Crippen LogP contribution in [-0.2, 0) is 6.54 Å². The van der Waals surface area contributed by atoms with Crippen LogP contribution in [0.4, 0.5) is 0 Å². The SMILES string of the molecule is Clc1ccc(CN2CCC3NCCCC3C2)c(Cl)c1. The van der Waals surface area contributed by atoms with Crippen LogP contribution < -0.4 is 5.32 Å².